The van der Waals surface area contributed by atoms with E-state index < -0.39 is 9.84 Å². The zero-order valence-corrected chi connectivity index (χ0v) is 20.6. The van der Waals surface area contributed by atoms with Gasteiger partial charge in [-0.3, -0.25) is 9.79 Å². The molecule has 2 atom stereocenters. The van der Waals surface area contributed by atoms with Crippen LogP contribution in [0.5, 0.6) is 0 Å². The number of sulfone groups is 1. The first kappa shape index (κ1) is 22.6. The zero-order chi connectivity index (χ0) is 23.2. The van der Waals surface area contributed by atoms with Crippen LogP contribution in [-0.2, 0) is 9.84 Å². The number of anilines is 2. The molecule has 1 N–H and O–H groups in total. The van der Waals surface area contributed by atoms with Gasteiger partial charge in [-0.1, -0.05) is 29.4 Å². The van der Waals surface area contributed by atoms with Crippen molar-refractivity contribution in [1.29, 1.82) is 0 Å². The predicted molar refractivity (Wildman–Crippen MR) is 136 cm³/mol. The Balaban J connectivity index is 1.17. The number of nitrogens with one attached hydrogen (secondary N) is 1. The van der Waals surface area contributed by atoms with E-state index in [2.05, 4.69) is 22.1 Å². The van der Waals surface area contributed by atoms with Crippen molar-refractivity contribution in [2.45, 2.75) is 18.2 Å². The summed E-state index contributed by atoms with van der Waals surface area (Å²) in [5, 5.41) is 4.72. The Labute approximate surface area is 203 Å². The molecule has 2 saturated heterocycles. The highest BCUT2D eigenvalue weighted by molar-refractivity contribution is 8.15. The fourth-order valence-electron chi connectivity index (χ4n) is 4.49. The molecular formula is C23H25ClN4O3S2. The molecule has 7 nitrogen and oxygen atoms in total. The van der Waals surface area contributed by atoms with Crippen LogP contribution in [0.3, 0.4) is 0 Å². The number of piperazine rings is 1. The fraction of sp³-hybridized carbons (Fsp3) is 0.391. The van der Waals surface area contributed by atoms with Crippen LogP contribution in [-0.4, -0.2) is 73.4 Å². The van der Waals surface area contributed by atoms with E-state index >= 15 is 0 Å². The molecule has 3 heterocycles. The standard InChI is InChI=1S/C23H25ClN4O3S2/c1-15-2-5-17(24)12-20(15)27-8-10-28(11-9-27)22(29)16-3-6-18(7-4-16)25-23-26-19-13-33(30,31)14-21(19)32-23/h2-7,12,19,21H,8-11,13-14H2,1H3,(H,25,26)/t19-,21-/m0/s1. The van der Waals surface area contributed by atoms with Gasteiger partial charge in [0.05, 0.1) is 17.5 Å². The number of hydrogen-bond acceptors (Lipinski definition) is 7. The predicted octanol–water partition coefficient (Wildman–Crippen LogP) is 3.29. The van der Waals surface area contributed by atoms with E-state index in [-0.39, 0.29) is 28.7 Å². The number of amidine groups is 1. The van der Waals surface area contributed by atoms with Crippen molar-refractivity contribution in [3.05, 3.63) is 58.6 Å². The van der Waals surface area contributed by atoms with Gasteiger partial charge in [0, 0.05) is 53.4 Å². The Morgan fingerprint density at radius 2 is 1.82 bits per heavy atom. The van der Waals surface area contributed by atoms with E-state index in [9.17, 15) is 13.2 Å². The van der Waals surface area contributed by atoms with Crippen LogP contribution < -0.4 is 10.2 Å². The van der Waals surface area contributed by atoms with Crippen LogP contribution in [0.2, 0.25) is 5.02 Å². The molecule has 2 aromatic rings. The second-order valence-corrected chi connectivity index (χ2v) is 12.5. The molecular weight excluding hydrogens is 480 g/mol. The molecule has 3 aliphatic heterocycles. The van der Waals surface area contributed by atoms with E-state index in [0.717, 1.165) is 34.7 Å². The van der Waals surface area contributed by atoms with Gasteiger partial charge in [-0.25, -0.2) is 8.42 Å². The summed E-state index contributed by atoms with van der Waals surface area (Å²) in [6.07, 6.45) is 0. The third-order valence-electron chi connectivity index (χ3n) is 6.28. The van der Waals surface area contributed by atoms with Crippen LogP contribution in [0.25, 0.3) is 0 Å². The second kappa shape index (κ2) is 8.85. The van der Waals surface area contributed by atoms with Gasteiger partial charge in [-0.05, 0) is 48.9 Å². The van der Waals surface area contributed by atoms with E-state index in [0.29, 0.717) is 18.7 Å². The Kier molecular flexibility index (Phi) is 6.05. The number of benzene rings is 2. The van der Waals surface area contributed by atoms with Crippen LogP contribution in [0.4, 0.5) is 11.4 Å². The van der Waals surface area contributed by atoms with E-state index in [1.165, 1.54) is 17.3 Å². The van der Waals surface area contributed by atoms with Crippen molar-refractivity contribution in [2.24, 2.45) is 4.99 Å². The maximum atomic E-state index is 13.0. The summed E-state index contributed by atoms with van der Waals surface area (Å²) in [5.74, 6) is 0.346. The summed E-state index contributed by atoms with van der Waals surface area (Å²) in [7, 11) is -2.96. The molecule has 3 aliphatic rings. The summed E-state index contributed by atoms with van der Waals surface area (Å²) in [6.45, 7) is 4.92. The lowest BCUT2D eigenvalue weighted by Crippen LogP contribution is -2.49. The smallest absolute Gasteiger partial charge is 0.253 e. The average Bonchev–Trinajstić information content (AvgIpc) is 3.28. The number of carbonyl (C=O) groups excluding carboxylic acids is 1. The molecule has 33 heavy (non-hydrogen) atoms. The third kappa shape index (κ3) is 4.85. The van der Waals surface area contributed by atoms with E-state index in [1.54, 1.807) is 0 Å². The number of aryl methyl sites for hydroxylation is 1. The number of rotatable bonds is 3. The SMILES string of the molecule is Cc1ccc(Cl)cc1N1CCN(C(=O)c2ccc(NC3=N[C@H]4CS(=O)(=O)C[C@@H]4S3)cc2)CC1. The molecule has 0 unspecified atom stereocenters. The van der Waals surface area contributed by atoms with Crippen molar-refractivity contribution >= 4 is 55.6 Å². The largest absolute Gasteiger partial charge is 0.368 e. The van der Waals surface area contributed by atoms with Crippen LogP contribution in [0.1, 0.15) is 15.9 Å². The van der Waals surface area contributed by atoms with Gasteiger partial charge in [0.1, 0.15) is 0 Å². The Morgan fingerprint density at radius 1 is 1.09 bits per heavy atom. The van der Waals surface area contributed by atoms with Gasteiger partial charge < -0.3 is 15.1 Å². The van der Waals surface area contributed by atoms with Gasteiger partial charge in [-0.2, -0.15) is 0 Å². The quantitative estimate of drug-likeness (QED) is 0.690. The van der Waals surface area contributed by atoms with Gasteiger partial charge in [0.25, 0.3) is 5.91 Å². The first-order valence-electron chi connectivity index (χ1n) is 10.9. The zero-order valence-electron chi connectivity index (χ0n) is 18.2. The first-order valence-corrected chi connectivity index (χ1v) is 14.0. The highest BCUT2D eigenvalue weighted by Crippen LogP contribution is 2.34. The monoisotopic (exact) mass is 504 g/mol. The molecule has 0 aliphatic carbocycles. The molecule has 2 fully saturated rings. The molecule has 1 amide bonds. The molecule has 10 heteroatoms. The van der Waals surface area contributed by atoms with Crippen LogP contribution in [0.15, 0.2) is 47.5 Å². The van der Waals surface area contributed by atoms with Gasteiger partial charge in [0.2, 0.25) is 0 Å². The minimum Gasteiger partial charge on any atom is -0.368 e. The summed E-state index contributed by atoms with van der Waals surface area (Å²) in [6, 6.07) is 13.1. The summed E-state index contributed by atoms with van der Waals surface area (Å²) < 4.78 is 23.4. The van der Waals surface area contributed by atoms with Crippen LogP contribution in [0, 0.1) is 6.92 Å². The highest BCUT2D eigenvalue weighted by Gasteiger charge is 2.42. The molecule has 0 saturated carbocycles. The number of carbonyl (C=O) groups is 1. The third-order valence-corrected chi connectivity index (χ3v) is 9.66. The van der Waals surface area contributed by atoms with Crippen LogP contribution >= 0.6 is 23.4 Å². The normalized spacial score (nSPS) is 23.9. The number of hydrogen-bond donors (Lipinski definition) is 1. The fourth-order valence-corrected chi connectivity index (χ4v) is 8.33. The molecule has 0 aromatic heterocycles. The van der Waals surface area contributed by atoms with E-state index in [1.807, 2.05) is 47.4 Å². The Bertz CT molecular complexity index is 1210. The average molecular weight is 505 g/mol. The summed E-state index contributed by atoms with van der Waals surface area (Å²) >= 11 is 7.65. The molecule has 0 spiro atoms. The second-order valence-electron chi connectivity index (χ2n) is 8.65. The van der Waals surface area contributed by atoms with Gasteiger partial charge in [0.15, 0.2) is 15.0 Å². The Morgan fingerprint density at radius 3 is 2.52 bits per heavy atom. The number of thioether (sulfide) groups is 1. The molecule has 5 rings (SSSR count). The minimum absolute atomic E-state index is 0.00715. The number of halogens is 1. The molecule has 0 bridgehead atoms. The number of aliphatic imine (C=N–C) groups is 1. The molecule has 2 aromatic carbocycles. The van der Waals surface area contributed by atoms with Crippen molar-refractivity contribution in [2.75, 3.05) is 47.9 Å². The Hall–Kier alpha value is -2.23. The summed E-state index contributed by atoms with van der Waals surface area (Å²) in [4.78, 5) is 21.7. The summed E-state index contributed by atoms with van der Waals surface area (Å²) in [5.41, 5.74) is 3.79. The maximum absolute atomic E-state index is 13.0. The molecule has 0 radical (unpaired) electrons. The number of amides is 1. The lowest BCUT2D eigenvalue weighted by Gasteiger charge is -2.37. The van der Waals surface area contributed by atoms with Crippen molar-refractivity contribution < 1.29 is 13.2 Å². The number of fused-ring (bicyclic) bond motifs is 1. The van der Waals surface area contributed by atoms with Crippen molar-refractivity contribution in [3.8, 4) is 0 Å². The lowest BCUT2D eigenvalue weighted by molar-refractivity contribution is 0.0747. The minimum atomic E-state index is -2.96. The topological polar surface area (TPSA) is 82.1 Å². The van der Waals surface area contributed by atoms with Gasteiger partial charge in [-0.15, -0.1) is 0 Å². The maximum Gasteiger partial charge on any atom is 0.253 e. The van der Waals surface area contributed by atoms with Crippen molar-refractivity contribution in [3.63, 3.8) is 0 Å². The lowest BCUT2D eigenvalue weighted by atomic mass is 10.1. The molecule has 174 valence electrons. The first-order chi connectivity index (χ1) is 15.8. The van der Waals surface area contributed by atoms with Crippen molar-refractivity contribution in [1.82, 2.24) is 4.90 Å². The number of nitrogens with zero attached hydrogens (tertiary/aromatic N) is 3. The van der Waals surface area contributed by atoms with Gasteiger partial charge >= 0.3 is 0 Å². The highest BCUT2D eigenvalue weighted by atomic mass is 35.5. The van der Waals surface area contributed by atoms with E-state index in [4.69, 9.17) is 11.6 Å².